The van der Waals surface area contributed by atoms with Crippen molar-refractivity contribution in [1.29, 1.82) is 0 Å². The Morgan fingerprint density at radius 1 is 1.63 bits per heavy atom. The maximum Gasteiger partial charge on any atom is 0.274 e. The van der Waals surface area contributed by atoms with Gasteiger partial charge in [0.15, 0.2) is 11.5 Å². The number of H-pyrrole nitrogens is 1. The van der Waals surface area contributed by atoms with Crippen molar-refractivity contribution in [2.75, 3.05) is 19.6 Å². The monoisotopic (exact) mass is 260 g/mol. The number of rotatable bonds is 3. The van der Waals surface area contributed by atoms with Crippen LogP contribution in [0.25, 0.3) is 11.5 Å². The molecular formula is C13H16N4O2. The fraction of sp³-hybridized carbons (Fsp3) is 0.385. The molecular weight excluding hydrogens is 244 g/mol. The second-order valence-corrected chi connectivity index (χ2v) is 4.79. The van der Waals surface area contributed by atoms with E-state index in [0.29, 0.717) is 29.6 Å². The van der Waals surface area contributed by atoms with Crippen molar-refractivity contribution < 1.29 is 9.21 Å². The van der Waals surface area contributed by atoms with E-state index in [0.717, 1.165) is 19.5 Å². The van der Waals surface area contributed by atoms with Crippen molar-refractivity contribution in [3.8, 4) is 11.5 Å². The van der Waals surface area contributed by atoms with E-state index in [1.807, 2.05) is 6.07 Å². The van der Waals surface area contributed by atoms with E-state index in [1.54, 1.807) is 23.3 Å². The number of nitrogens with zero attached hydrogens (tertiary/aromatic N) is 2. The van der Waals surface area contributed by atoms with Gasteiger partial charge in [-0.3, -0.25) is 9.89 Å². The predicted octanol–water partition coefficient (Wildman–Crippen LogP) is 1.09. The van der Waals surface area contributed by atoms with Crippen LogP contribution in [0.4, 0.5) is 0 Å². The molecule has 1 unspecified atom stereocenters. The van der Waals surface area contributed by atoms with E-state index in [4.69, 9.17) is 10.2 Å². The lowest BCUT2D eigenvalue weighted by atomic mass is 10.1. The smallest absolute Gasteiger partial charge is 0.274 e. The minimum atomic E-state index is -0.0509. The largest absolute Gasteiger partial charge is 0.463 e. The van der Waals surface area contributed by atoms with Gasteiger partial charge in [-0.2, -0.15) is 5.10 Å². The van der Waals surface area contributed by atoms with Gasteiger partial charge in [0.1, 0.15) is 5.69 Å². The summed E-state index contributed by atoms with van der Waals surface area (Å²) >= 11 is 0. The molecule has 19 heavy (non-hydrogen) atoms. The summed E-state index contributed by atoms with van der Waals surface area (Å²) in [4.78, 5) is 14.1. The molecule has 3 heterocycles. The number of furan rings is 1. The van der Waals surface area contributed by atoms with Crippen LogP contribution < -0.4 is 5.73 Å². The Hall–Kier alpha value is -2.08. The van der Waals surface area contributed by atoms with E-state index in [-0.39, 0.29) is 5.91 Å². The first kappa shape index (κ1) is 12.0. The lowest BCUT2D eigenvalue weighted by Crippen LogP contribution is -2.30. The number of aromatic nitrogens is 2. The fourth-order valence-corrected chi connectivity index (χ4v) is 2.36. The summed E-state index contributed by atoms with van der Waals surface area (Å²) in [5.41, 5.74) is 6.76. The van der Waals surface area contributed by atoms with Crippen LogP contribution in [0.5, 0.6) is 0 Å². The van der Waals surface area contributed by atoms with Crippen LogP contribution in [0.15, 0.2) is 28.9 Å². The Bertz CT molecular complexity index is 561. The zero-order valence-corrected chi connectivity index (χ0v) is 10.5. The van der Waals surface area contributed by atoms with Crippen LogP contribution in [0.2, 0.25) is 0 Å². The van der Waals surface area contributed by atoms with Gasteiger partial charge in [-0.25, -0.2) is 0 Å². The maximum absolute atomic E-state index is 12.3. The first-order chi connectivity index (χ1) is 9.28. The number of nitrogens with one attached hydrogen (secondary N) is 1. The Kier molecular flexibility index (Phi) is 3.08. The van der Waals surface area contributed by atoms with Gasteiger partial charge in [0.05, 0.1) is 6.26 Å². The zero-order valence-electron chi connectivity index (χ0n) is 10.5. The highest BCUT2D eigenvalue weighted by Gasteiger charge is 2.27. The van der Waals surface area contributed by atoms with Crippen molar-refractivity contribution >= 4 is 5.91 Å². The summed E-state index contributed by atoms with van der Waals surface area (Å²) in [6, 6.07) is 5.34. The molecule has 1 saturated heterocycles. The van der Waals surface area contributed by atoms with Crippen molar-refractivity contribution in [1.82, 2.24) is 15.1 Å². The molecule has 1 atom stereocenters. The molecule has 2 aromatic rings. The standard InChI is InChI=1S/C13H16N4O2/c14-7-9-3-4-17(8-9)13(18)11-6-10(15-16-11)12-2-1-5-19-12/h1-2,5-6,9H,3-4,7-8,14H2,(H,15,16). The van der Waals surface area contributed by atoms with Gasteiger partial charge in [0.2, 0.25) is 0 Å². The Labute approximate surface area is 110 Å². The maximum atomic E-state index is 12.3. The minimum absolute atomic E-state index is 0.0509. The van der Waals surface area contributed by atoms with Crippen LogP contribution in [-0.4, -0.2) is 40.6 Å². The second-order valence-electron chi connectivity index (χ2n) is 4.79. The second kappa shape index (κ2) is 4.89. The number of carbonyl (C=O) groups excluding carboxylic acids is 1. The van der Waals surface area contributed by atoms with Crippen molar-refractivity contribution in [2.45, 2.75) is 6.42 Å². The third-order valence-corrected chi connectivity index (χ3v) is 3.49. The molecule has 0 bridgehead atoms. The molecule has 100 valence electrons. The van der Waals surface area contributed by atoms with E-state index < -0.39 is 0 Å². The van der Waals surface area contributed by atoms with E-state index >= 15 is 0 Å². The Balaban J connectivity index is 1.74. The number of hydrogen-bond acceptors (Lipinski definition) is 4. The molecule has 0 spiro atoms. The lowest BCUT2D eigenvalue weighted by Gasteiger charge is -2.14. The number of amides is 1. The number of nitrogens with two attached hydrogens (primary N) is 1. The summed E-state index contributed by atoms with van der Waals surface area (Å²) in [6.45, 7) is 2.10. The molecule has 0 aliphatic carbocycles. The van der Waals surface area contributed by atoms with Crippen LogP contribution >= 0.6 is 0 Å². The highest BCUT2D eigenvalue weighted by Crippen LogP contribution is 2.21. The topological polar surface area (TPSA) is 88.1 Å². The summed E-state index contributed by atoms with van der Waals surface area (Å²) < 4.78 is 5.26. The molecule has 0 aromatic carbocycles. The summed E-state index contributed by atoms with van der Waals surface area (Å²) in [5.74, 6) is 1.03. The number of carbonyl (C=O) groups is 1. The van der Waals surface area contributed by atoms with Gasteiger partial charge in [-0.15, -0.1) is 0 Å². The molecule has 6 nitrogen and oxygen atoms in total. The molecule has 3 rings (SSSR count). The summed E-state index contributed by atoms with van der Waals surface area (Å²) in [6.07, 6.45) is 2.56. The van der Waals surface area contributed by atoms with Gasteiger partial charge in [-0.1, -0.05) is 0 Å². The third kappa shape index (κ3) is 2.26. The van der Waals surface area contributed by atoms with Crippen molar-refractivity contribution in [3.05, 3.63) is 30.2 Å². The summed E-state index contributed by atoms with van der Waals surface area (Å²) in [7, 11) is 0. The third-order valence-electron chi connectivity index (χ3n) is 3.49. The van der Waals surface area contributed by atoms with Crippen LogP contribution in [0.1, 0.15) is 16.9 Å². The molecule has 0 radical (unpaired) electrons. The molecule has 1 aliphatic heterocycles. The molecule has 1 amide bonds. The quantitative estimate of drug-likeness (QED) is 0.864. The first-order valence-corrected chi connectivity index (χ1v) is 6.36. The Morgan fingerprint density at radius 3 is 3.21 bits per heavy atom. The molecule has 0 saturated carbocycles. The van der Waals surface area contributed by atoms with E-state index in [2.05, 4.69) is 10.2 Å². The van der Waals surface area contributed by atoms with Gasteiger partial charge in [0.25, 0.3) is 5.91 Å². The zero-order chi connectivity index (χ0) is 13.2. The highest BCUT2D eigenvalue weighted by molar-refractivity contribution is 5.93. The molecule has 6 heteroatoms. The average molecular weight is 260 g/mol. The number of likely N-dealkylation sites (tertiary alicyclic amines) is 1. The van der Waals surface area contributed by atoms with Gasteiger partial charge >= 0.3 is 0 Å². The predicted molar refractivity (Wildman–Crippen MR) is 69.4 cm³/mol. The molecule has 2 aromatic heterocycles. The molecule has 1 fully saturated rings. The van der Waals surface area contributed by atoms with Crippen molar-refractivity contribution in [3.63, 3.8) is 0 Å². The molecule has 1 aliphatic rings. The summed E-state index contributed by atoms with van der Waals surface area (Å²) in [5, 5.41) is 6.88. The fourth-order valence-electron chi connectivity index (χ4n) is 2.36. The van der Waals surface area contributed by atoms with E-state index in [9.17, 15) is 4.79 Å². The average Bonchev–Trinajstić information content (AvgIpc) is 3.16. The van der Waals surface area contributed by atoms with Gasteiger partial charge in [0, 0.05) is 19.2 Å². The minimum Gasteiger partial charge on any atom is -0.463 e. The van der Waals surface area contributed by atoms with Crippen LogP contribution in [0.3, 0.4) is 0 Å². The lowest BCUT2D eigenvalue weighted by molar-refractivity contribution is 0.0782. The molecule has 3 N–H and O–H groups in total. The first-order valence-electron chi connectivity index (χ1n) is 6.36. The Morgan fingerprint density at radius 2 is 2.53 bits per heavy atom. The SMILES string of the molecule is NCC1CCN(C(=O)c2cc(-c3ccco3)[nH]n2)C1. The van der Waals surface area contributed by atoms with Crippen molar-refractivity contribution in [2.24, 2.45) is 11.7 Å². The van der Waals surface area contributed by atoms with Crippen LogP contribution in [-0.2, 0) is 0 Å². The van der Waals surface area contributed by atoms with Gasteiger partial charge < -0.3 is 15.1 Å². The van der Waals surface area contributed by atoms with Crippen LogP contribution in [0, 0.1) is 5.92 Å². The number of hydrogen-bond donors (Lipinski definition) is 2. The number of aromatic amines is 1. The normalized spacial score (nSPS) is 19.0. The van der Waals surface area contributed by atoms with E-state index in [1.165, 1.54) is 0 Å². The van der Waals surface area contributed by atoms with Gasteiger partial charge in [-0.05, 0) is 31.0 Å². The highest BCUT2D eigenvalue weighted by atomic mass is 16.3.